The summed E-state index contributed by atoms with van der Waals surface area (Å²) in [5.41, 5.74) is 0.363. The molecule has 0 aromatic rings. The lowest BCUT2D eigenvalue weighted by Crippen LogP contribution is -2.21. The van der Waals surface area contributed by atoms with Gasteiger partial charge < -0.3 is 15.2 Å². The van der Waals surface area contributed by atoms with Crippen molar-refractivity contribution in [2.45, 2.75) is 26.9 Å². The molecule has 82 valence electrons. The maximum atomic E-state index is 10.4. The maximum absolute atomic E-state index is 10.4. The Hall–Kier alpha value is -0.870. The fourth-order valence-electron chi connectivity index (χ4n) is 0.781. The molecule has 0 bridgehead atoms. The molecule has 0 spiro atoms. The van der Waals surface area contributed by atoms with Gasteiger partial charge in [0.05, 0.1) is 12.7 Å². The minimum atomic E-state index is -0.870. The van der Waals surface area contributed by atoms with Crippen LogP contribution in [0.1, 0.15) is 20.8 Å². The van der Waals surface area contributed by atoms with Crippen LogP contribution in [-0.2, 0) is 9.53 Å². The van der Waals surface area contributed by atoms with Crippen LogP contribution >= 0.6 is 0 Å². The van der Waals surface area contributed by atoms with Crippen molar-refractivity contribution in [3.8, 4) is 0 Å². The van der Waals surface area contributed by atoms with Crippen LogP contribution in [0.2, 0.25) is 0 Å². The second kappa shape index (κ2) is 7.53. The summed E-state index contributed by atoms with van der Waals surface area (Å²) >= 11 is 0. The average molecular weight is 201 g/mol. The second-order valence-corrected chi connectivity index (χ2v) is 3.32. The lowest BCUT2D eigenvalue weighted by molar-refractivity contribution is -0.132. The van der Waals surface area contributed by atoms with Gasteiger partial charge in [-0.2, -0.15) is 0 Å². The molecule has 0 aromatic carbocycles. The summed E-state index contributed by atoms with van der Waals surface area (Å²) in [4.78, 5) is 10.4. The maximum Gasteiger partial charge on any atom is 0.330 e. The van der Waals surface area contributed by atoms with E-state index in [4.69, 9.17) is 9.84 Å². The summed E-state index contributed by atoms with van der Waals surface area (Å²) in [5.74, 6) is -0.870. The number of hydrogen-bond acceptors (Lipinski definition) is 3. The molecule has 0 aliphatic carbocycles. The van der Waals surface area contributed by atoms with Gasteiger partial charge in [-0.05, 0) is 20.8 Å². The van der Waals surface area contributed by atoms with Crippen LogP contribution in [-0.4, -0.2) is 36.9 Å². The van der Waals surface area contributed by atoms with Gasteiger partial charge in [-0.15, -0.1) is 0 Å². The first-order valence-electron chi connectivity index (χ1n) is 4.76. The number of nitrogens with one attached hydrogen (secondary N) is 1. The van der Waals surface area contributed by atoms with Gasteiger partial charge in [0.15, 0.2) is 0 Å². The first-order valence-corrected chi connectivity index (χ1v) is 4.76. The predicted molar refractivity (Wildman–Crippen MR) is 55.4 cm³/mol. The molecule has 0 aliphatic rings. The van der Waals surface area contributed by atoms with Crippen LogP contribution < -0.4 is 5.32 Å². The van der Waals surface area contributed by atoms with Crippen molar-refractivity contribution in [1.29, 1.82) is 0 Å². The van der Waals surface area contributed by atoms with Crippen molar-refractivity contribution in [2.75, 3.05) is 19.7 Å². The monoisotopic (exact) mass is 201 g/mol. The summed E-state index contributed by atoms with van der Waals surface area (Å²) in [5, 5.41) is 11.6. The van der Waals surface area contributed by atoms with Gasteiger partial charge in [0.1, 0.15) is 0 Å². The Kier molecular flexibility index (Phi) is 7.06. The number of hydrogen-bond donors (Lipinski definition) is 2. The Morgan fingerprint density at radius 1 is 1.57 bits per heavy atom. The van der Waals surface area contributed by atoms with E-state index in [-0.39, 0.29) is 6.10 Å². The van der Waals surface area contributed by atoms with E-state index >= 15 is 0 Å². The van der Waals surface area contributed by atoms with Gasteiger partial charge in [0.25, 0.3) is 0 Å². The fraction of sp³-hybridized carbons (Fsp3) is 0.700. The van der Waals surface area contributed by atoms with Crippen molar-refractivity contribution < 1.29 is 14.6 Å². The summed E-state index contributed by atoms with van der Waals surface area (Å²) in [6, 6.07) is 0. The number of carboxylic acid groups (broad SMARTS) is 1. The molecule has 0 radical (unpaired) electrons. The largest absolute Gasteiger partial charge is 0.478 e. The summed E-state index contributed by atoms with van der Waals surface area (Å²) in [6.45, 7) is 7.50. The number of rotatable bonds is 7. The molecule has 0 unspecified atom stereocenters. The van der Waals surface area contributed by atoms with Gasteiger partial charge >= 0.3 is 5.97 Å². The molecule has 2 N–H and O–H groups in total. The summed E-state index contributed by atoms with van der Waals surface area (Å²) < 4.78 is 5.30. The highest BCUT2D eigenvalue weighted by molar-refractivity contribution is 5.85. The molecule has 0 rings (SSSR count). The van der Waals surface area contributed by atoms with Crippen LogP contribution in [0, 0.1) is 0 Å². The normalized spacial score (nSPS) is 12.1. The van der Waals surface area contributed by atoms with Crippen LogP contribution in [0.15, 0.2) is 11.6 Å². The van der Waals surface area contributed by atoms with Crippen molar-refractivity contribution in [3.63, 3.8) is 0 Å². The molecule has 0 amide bonds. The van der Waals surface area contributed by atoms with Crippen LogP contribution in [0.4, 0.5) is 0 Å². The van der Waals surface area contributed by atoms with E-state index in [2.05, 4.69) is 5.32 Å². The number of carbonyl (C=O) groups is 1. The average Bonchev–Trinajstić information content (AvgIpc) is 2.09. The molecule has 0 heterocycles. The predicted octanol–water partition coefficient (Wildman–Crippen LogP) is 1.03. The zero-order valence-corrected chi connectivity index (χ0v) is 9.04. The SMILES string of the molecule is C/C(=C/CNCCOC(C)C)C(=O)O. The van der Waals surface area contributed by atoms with Gasteiger partial charge in [-0.25, -0.2) is 4.79 Å². The minimum absolute atomic E-state index is 0.244. The lowest BCUT2D eigenvalue weighted by Gasteiger charge is -2.07. The van der Waals surface area contributed by atoms with Crippen molar-refractivity contribution in [2.24, 2.45) is 0 Å². The van der Waals surface area contributed by atoms with Crippen molar-refractivity contribution in [1.82, 2.24) is 5.32 Å². The van der Waals surface area contributed by atoms with Gasteiger partial charge in [-0.3, -0.25) is 0 Å². The van der Waals surface area contributed by atoms with Crippen molar-refractivity contribution >= 4 is 5.97 Å². The third kappa shape index (κ3) is 7.76. The highest BCUT2D eigenvalue weighted by atomic mass is 16.5. The molecular weight excluding hydrogens is 182 g/mol. The Labute approximate surface area is 85.0 Å². The van der Waals surface area contributed by atoms with Crippen LogP contribution in [0.3, 0.4) is 0 Å². The molecule has 14 heavy (non-hydrogen) atoms. The lowest BCUT2D eigenvalue weighted by atomic mass is 10.3. The standard InChI is InChI=1S/C10H19NO3/c1-8(2)14-7-6-11-5-4-9(3)10(12)13/h4,8,11H,5-7H2,1-3H3,(H,12,13)/b9-4-. The Morgan fingerprint density at radius 3 is 2.71 bits per heavy atom. The minimum Gasteiger partial charge on any atom is -0.478 e. The van der Waals surface area contributed by atoms with E-state index in [1.54, 1.807) is 13.0 Å². The number of ether oxygens (including phenoxy) is 1. The topological polar surface area (TPSA) is 58.6 Å². The van der Waals surface area contributed by atoms with Crippen LogP contribution in [0.5, 0.6) is 0 Å². The Bertz CT molecular complexity index is 200. The van der Waals surface area contributed by atoms with Gasteiger partial charge in [-0.1, -0.05) is 6.08 Å². The highest BCUT2D eigenvalue weighted by Gasteiger charge is 1.97. The van der Waals surface area contributed by atoms with Gasteiger partial charge in [0.2, 0.25) is 0 Å². The third-order valence-corrected chi connectivity index (χ3v) is 1.62. The first-order chi connectivity index (χ1) is 6.54. The zero-order valence-electron chi connectivity index (χ0n) is 9.04. The van der Waals surface area contributed by atoms with Gasteiger partial charge in [0, 0.05) is 18.7 Å². The molecule has 4 nitrogen and oxygen atoms in total. The summed E-state index contributed by atoms with van der Waals surface area (Å²) in [6.07, 6.45) is 1.89. The Morgan fingerprint density at radius 2 is 2.21 bits per heavy atom. The van der Waals surface area contributed by atoms with E-state index < -0.39 is 5.97 Å². The third-order valence-electron chi connectivity index (χ3n) is 1.62. The molecule has 0 fully saturated rings. The highest BCUT2D eigenvalue weighted by Crippen LogP contribution is 1.89. The fourth-order valence-corrected chi connectivity index (χ4v) is 0.781. The molecule has 0 atom stereocenters. The molecular formula is C10H19NO3. The Balaban J connectivity index is 3.38. The smallest absolute Gasteiger partial charge is 0.330 e. The molecule has 0 saturated carbocycles. The first kappa shape index (κ1) is 13.1. The molecule has 4 heteroatoms. The van der Waals surface area contributed by atoms with E-state index in [1.165, 1.54) is 0 Å². The molecule has 0 aliphatic heterocycles. The van der Waals surface area contributed by atoms with Crippen LogP contribution in [0.25, 0.3) is 0 Å². The second-order valence-electron chi connectivity index (χ2n) is 3.32. The van der Waals surface area contributed by atoms with E-state index in [0.29, 0.717) is 18.7 Å². The van der Waals surface area contributed by atoms with E-state index in [9.17, 15) is 4.79 Å². The van der Waals surface area contributed by atoms with E-state index in [0.717, 1.165) is 6.54 Å². The molecule has 0 aromatic heterocycles. The number of aliphatic carboxylic acids is 1. The zero-order chi connectivity index (χ0) is 11.0. The van der Waals surface area contributed by atoms with Crippen molar-refractivity contribution in [3.05, 3.63) is 11.6 Å². The number of carboxylic acids is 1. The quantitative estimate of drug-likeness (QED) is 0.477. The summed E-state index contributed by atoms with van der Waals surface area (Å²) in [7, 11) is 0. The molecule has 0 saturated heterocycles. The van der Waals surface area contributed by atoms with E-state index in [1.807, 2.05) is 13.8 Å².